The highest BCUT2D eigenvalue weighted by Gasteiger charge is 2.28. The summed E-state index contributed by atoms with van der Waals surface area (Å²) in [5.41, 5.74) is 0.958. The molecule has 2 N–H and O–H groups in total. The van der Waals surface area contributed by atoms with Crippen LogP contribution in [0.4, 0.5) is 5.82 Å². The lowest BCUT2D eigenvalue weighted by Gasteiger charge is -2.33. The lowest BCUT2D eigenvalue weighted by Crippen LogP contribution is -2.52. The number of ether oxygens (including phenoxy) is 1. The maximum Gasteiger partial charge on any atom is 0.239 e. The summed E-state index contributed by atoms with van der Waals surface area (Å²) in [5.74, 6) is 0.863. The van der Waals surface area contributed by atoms with Gasteiger partial charge in [-0.2, -0.15) is 0 Å². The van der Waals surface area contributed by atoms with Gasteiger partial charge < -0.3 is 15.4 Å². The van der Waals surface area contributed by atoms with Crippen molar-refractivity contribution in [1.82, 2.24) is 15.2 Å². The number of likely N-dealkylation sites (N-methyl/N-ethyl adjacent to an activating group) is 1. The Balaban J connectivity index is 2.06. The number of carbonyl (C=O) groups is 1. The molecule has 1 aliphatic rings. The van der Waals surface area contributed by atoms with Crippen molar-refractivity contribution in [3.8, 4) is 0 Å². The number of pyridine rings is 1. The van der Waals surface area contributed by atoms with Gasteiger partial charge in [-0.1, -0.05) is 6.07 Å². The molecule has 0 bridgehead atoms. The number of hydrogen-bond acceptors (Lipinski definition) is 5. The third-order valence-corrected chi connectivity index (χ3v) is 3.32. The second-order valence-corrected chi connectivity index (χ2v) is 4.72. The van der Waals surface area contributed by atoms with Gasteiger partial charge in [-0.05, 0) is 19.1 Å². The molecule has 2 rings (SSSR count). The summed E-state index contributed by atoms with van der Waals surface area (Å²) in [7, 11) is 1.65. The summed E-state index contributed by atoms with van der Waals surface area (Å²) in [5, 5.41) is 5.89. The third kappa shape index (κ3) is 3.68. The topological polar surface area (TPSA) is 66.5 Å². The Hall–Kier alpha value is -1.66. The SMILES string of the molecule is CCNc1cccc(CN2CCOCC2C(=O)NC)n1. The monoisotopic (exact) mass is 278 g/mol. The Morgan fingerprint density at radius 3 is 3.15 bits per heavy atom. The van der Waals surface area contributed by atoms with Crippen molar-refractivity contribution in [3.05, 3.63) is 23.9 Å². The Bertz CT molecular complexity index is 453. The van der Waals surface area contributed by atoms with Crippen molar-refractivity contribution < 1.29 is 9.53 Å². The molecule has 1 fully saturated rings. The van der Waals surface area contributed by atoms with Crippen molar-refractivity contribution in [2.45, 2.75) is 19.5 Å². The number of anilines is 1. The molecule has 6 heteroatoms. The van der Waals surface area contributed by atoms with E-state index in [1.54, 1.807) is 7.05 Å². The van der Waals surface area contributed by atoms with Gasteiger partial charge in [-0.3, -0.25) is 9.69 Å². The lowest BCUT2D eigenvalue weighted by molar-refractivity contribution is -0.132. The van der Waals surface area contributed by atoms with E-state index in [0.717, 1.165) is 24.6 Å². The molecule has 0 aliphatic carbocycles. The van der Waals surface area contributed by atoms with Crippen molar-refractivity contribution in [3.63, 3.8) is 0 Å². The van der Waals surface area contributed by atoms with E-state index in [1.165, 1.54) is 0 Å². The van der Waals surface area contributed by atoms with E-state index < -0.39 is 0 Å². The van der Waals surface area contributed by atoms with Crippen LogP contribution in [0.5, 0.6) is 0 Å². The normalized spacial score (nSPS) is 19.6. The van der Waals surface area contributed by atoms with Gasteiger partial charge >= 0.3 is 0 Å². The molecule has 0 spiro atoms. The first kappa shape index (κ1) is 14.7. The quantitative estimate of drug-likeness (QED) is 0.819. The minimum Gasteiger partial charge on any atom is -0.378 e. The van der Waals surface area contributed by atoms with Gasteiger partial charge in [0.2, 0.25) is 5.91 Å². The number of rotatable bonds is 5. The molecule has 6 nitrogen and oxygen atoms in total. The van der Waals surface area contributed by atoms with E-state index in [0.29, 0.717) is 19.8 Å². The fraction of sp³-hybridized carbons (Fsp3) is 0.571. The highest BCUT2D eigenvalue weighted by molar-refractivity contribution is 5.81. The van der Waals surface area contributed by atoms with Crippen LogP contribution in [-0.2, 0) is 16.1 Å². The van der Waals surface area contributed by atoms with Crippen LogP contribution in [-0.4, -0.2) is 55.2 Å². The van der Waals surface area contributed by atoms with Crippen LogP contribution in [0.1, 0.15) is 12.6 Å². The Kier molecular flexibility index (Phi) is 5.31. The molecule has 1 aromatic heterocycles. The molecule has 1 atom stereocenters. The second-order valence-electron chi connectivity index (χ2n) is 4.72. The molecule has 1 saturated heterocycles. The van der Waals surface area contributed by atoms with E-state index >= 15 is 0 Å². The van der Waals surface area contributed by atoms with E-state index in [9.17, 15) is 4.79 Å². The van der Waals surface area contributed by atoms with Gasteiger partial charge in [0, 0.05) is 26.7 Å². The number of amides is 1. The van der Waals surface area contributed by atoms with Crippen LogP contribution in [0.25, 0.3) is 0 Å². The Morgan fingerprint density at radius 2 is 2.40 bits per heavy atom. The zero-order valence-electron chi connectivity index (χ0n) is 12.1. The molecular formula is C14H22N4O2. The maximum atomic E-state index is 11.9. The average molecular weight is 278 g/mol. The van der Waals surface area contributed by atoms with Crippen LogP contribution < -0.4 is 10.6 Å². The lowest BCUT2D eigenvalue weighted by atomic mass is 10.2. The van der Waals surface area contributed by atoms with Crippen LogP contribution >= 0.6 is 0 Å². The van der Waals surface area contributed by atoms with Crippen LogP contribution in [0, 0.1) is 0 Å². The number of nitrogens with one attached hydrogen (secondary N) is 2. The first-order chi connectivity index (χ1) is 9.74. The molecule has 110 valence electrons. The zero-order valence-corrected chi connectivity index (χ0v) is 12.1. The second kappa shape index (κ2) is 7.21. The highest BCUT2D eigenvalue weighted by Crippen LogP contribution is 2.13. The number of morpholine rings is 1. The van der Waals surface area contributed by atoms with Gasteiger partial charge in [0.05, 0.1) is 18.9 Å². The number of carbonyl (C=O) groups excluding carboxylic acids is 1. The summed E-state index contributed by atoms with van der Waals surface area (Å²) in [6, 6.07) is 5.67. The predicted octanol–water partition coefficient (Wildman–Crippen LogP) is 0.460. The fourth-order valence-electron chi connectivity index (χ4n) is 2.29. The summed E-state index contributed by atoms with van der Waals surface area (Å²) >= 11 is 0. The zero-order chi connectivity index (χ0) is 14.4. The van der Waals surface area contributed by atoms with Gasteiger partial charge in [0.15, 0.2) is 0 Å². The molecule has 1 unspecified atom stereocenters. The highest BCUT2D eigenvalue weighted by atomic mass is 16.5. The van der Waals surface area contributed by atoms with Crippen molar-refractivity contribution in [1.29, 1.82) is 0 Å². The maximum absolute atomic E-state index is 11.9. The largest absolute Gasteiger partial charge is 0.378 e. The number of aromatic nitrogens is 1. The summed E-state index contributed by atoms with van der Waals surface area (Å²) in [6.45, 7) is 5.37. The van der Waals surface area contributed by atoms with Crippen LogP contribution in [0.15, 0.2) is 18.2 Å². The number of nitrogens with zero attached hydrogens (tertiary/aromatic N) is 2. The van der Waals surface area contributed by atoms with Gasteiger partial charge in [0.1, 0.15) is 11.9 Å². The van der Waals surface area contributed by atoms with Crippen molar-refractivity contribution in [2.24, 2.45) is 0 Å². The molecule has 2 heterocycles. The van der Waals surface area contributed by atoms with E-state index in [-0.39, 0.29) is 11.9 Å². The summed E-state index contributed by atoms with van der Waals surface area (Å²) in [6.07, 6.45) is 0. The van der Waals surface area contributed by atoms with Crippen molar-refractivity contribution in [2.75, 3.05) is 38.7 Å². The standard InChI is InChI=1S/C14H22N4O2/c1-3-16-13-6-4-5-11(17-13)9-18-7-8-20-10-12(18)14(19)15-2/h4-6,12H,3,7-10H2,1-2H3,(H,15,19)(H,16,17). The first-order valence-corrected chi connectivity index (χ1v) is 6.97. The fourth-order valence-corrected chi connectivity index (χ4v) is 2.29. The summed E-state index contributed by atoms with van der Waals surface area (Å²) < 4.78 is 5.40. The molecule has 1 aromatic rings. The molecule has 0 radical (unpaired) electrons. The minimum atomic E-state index is -0.238. The molecule has 20 heavy (non-hydrogen) atoms. The van der Waals surface area contributed by atoms with E-state index in [1.807, 2.05) is 25.1 Å². The summed E-state index contributed by atoms with van der Waals surface area (Å²) in [4.78, 5) is 18.5. The molecule has 1 aliphatic heterocycles. The average Bonchev–Trinajstić information content (AvgIpc) is 2.48. The number of hydrogen-bond donors (Lipinski definition) is 2. The molecular weight excluding hydrogens is 256 g/mol. The molecule has 1 amide bonds. The van der Waals surface area contributed by atoms with Gasteiger partial charge in [-0.15, -0.1) is 0 Å². The molecule has 0 aromatic carbocycles. The third-order valence-electron chi connectivity index (χ3n) is 3.32. The minimum absolute atomic E-state index is 0.00691. The van der Waals surface area contributed by atoms with Gasteiger partial charge in [0.25, 0.3) is 0 Å². The smallest absolute Gasteiger partial charge is 0.239 e. The van der Waals surface area contributed by atoms with Gasteiger partial charge in [-0.25, -0.2) is 4.98 Å². The predicted molar refractivity (Wildman–Crippen MR) is 77.5 cm³/mol. The Labute approximate surface area is 119 Å². The molecule has 0 saturated carbocycles. The van der Waals surface area contributed by atoms with Crippen LogP contribution in [0.2, 0.25) is 0 Å². The van der Waals surface area contributed by atoms with E-state index in [2.05, 4.69) is 20.5 Å². The van der Waals surface area contributed by atoms with Crippen LogP contribution in [0.3, 0.4) is 0 Å². The van der Waals surface area contributed by atoms with Crippen molar-refractivity contribution >= 4 is 11.7 Å². The Morgan fingerprint density at radius 1 is 1.55 bits per heavy atom. The van der Waals surface area contributed by atoms with E-state index in [4.69, 9.17) is 4.74 Å². The first-order valence-electron chi connectivity index (χ1n) is 6.97.